The molecule has 5 nitrogen and oxygen atoms in total. The summed E-state index contributed by atoms with van der Waals surface area (Å²) < 4.78 is 0. The van der Waals surface area contributed by atoms with Gasteiger partial charge < -0.3 is 11.1 Å². The molecule has 0 atom stereocenters. The maximum atomic E-state index is 10.9. The van der Waals surface area contributed by atoms with Crippen molar-refractivity contribution >= 4 is 33.4 Å². The van der Waals surface area contributed by atoms with E-state index in [0.717, 1.165) is 4.83 Å². The Bertz CT molecular complexity index is 493. The lowest BCUT2D eigenvalue weighted by molar-refractivity contribution is 0.100. The Morgan fingerprint density at radius 3 is 3.07 bits per heavy atom. The number of carbonyl (C=O) groups is 1. The molecule has 6 heteroatoms. The zero-order chi connectivity index (χ0) is 10.1. The van der Waals surface area contributed by atoms with Gasteiger partial charge in [-0.05, 0) is 6.07 Å². The highest BCUT2D eigenvalue weighted by Gasteiger charge is 2.08. The summed E-state index contributed by atoms with van der Waals surface area (Å²) in [6, 6.07) is 1.65. The van der Waals surface area contributed by atoms with Crippen molar-refractivity contribution in [1.82, 2.24) is 9.97 Å². The molecule has 0 aliphatic heterocycles. The van der Waals surface area contributed by atoms with Gasteiger partial charge in [-0.2, -0.15) is 0 Å². The Labute approximate surface area is 84.0 Å². The van der Waals surface area contributed by atoms with Crippen molar-refractivity contribution in [2.45, 2.75) is 0 Å². The number of primary amides is 1. The standard InChI is InChI=1S/C8H8N4OS/c1-10-6-3-11-8-4(12-6)2-5(14-8)7(9)13/h2-3H,1H3,(H2,9,13)(H,10,12). The first-order valence-corrected chi connectivity index (χ1v) is 4.76. The maximum absolute atomic E-state index is 10.9. The number of rotatable bonds is 2. The van der Waals surface area contributed by atoms with Gasteiger partial charge in [0.05, 0.1) is 11.1 Å². The third-order valence-electron chi connectivity index (χ3n) is 1.74. The van der Waals surface area contributed by atoms with E-state index in [1.165, 1.54) is 11.3 Å². The molecule has 3 N–H and O–H groups in total. The van der Waals surface area contributed by atoms with Gasteiger partial charge in [0.1, 0.15) is 16.2 Å². The zero-order valence-electron chi connectivity index (χ0n) is 7.44. The highest BCUT2D eigenvalue weighted by Crippen LogP contribution is 2.22. The summed E-state index contributed by atoms with van der Waals surface area (Å²) in [4.78, 5) is 20.5. The number of aromatic nitrogens is 2. The Balaban J connectivity index is 2.60. The molecule has 0 aliphatic rings. The van der Waals surface area contributed by atoms with Gasteiger partial charge in [0.15, 0.2) is 0 Å². The van der Waals surface area contributed by atoms with Crippen LogP contribution in [0.3, 0.4) is 0 Å². The van der Waals surface area contributed by atoms with Crippen LogP contribution in [0.25, 0.3) is 10.3 Å². The summed E-state index contributed by atoms with van der Waals surface area (Å²) in [6.45, 7) is 0. The van der Waals surface area contributed by atoms with Crippen LogP contribution in [0.4, 0.5) is 5.82 Å². The van der Waals surface area contributed by atoms with E-state index in [4.69, 9.17) is 5.73 Å². The lowest BCUT2D eigenvalue weighted by atomic mass is 10.4. The van der Waals surface area contributed by atoms with E-state index in [0.29, 0.717) is 16.2 Å². The van der Waals surface area contributed by atoms with Crippen LogP contribution in [-0.2, 0) is 0 Å². The number of carbonyl (C=O) groups excluding carboxylic acids is 1. The lowest BCUT2D eigenvalue weighted by Gasteiger charge is -1.95. The molecular weight excluding hydrogens is 200 g/mol. The number of amides is 1. The fraction of sp³-hybridized carbons (Fsp3) is 0.125. The smallest absolute Gasteiger partial charge is 0.258 e. The van der Waals surface area contributed by atoms with Crippen molar-refractivity contribution in [2.75, 3.05) is 12.4 Å². The van der Waals surface area contributed by atoms with Crippen LogP contribution in [0.5, 0.6) is 0 Å². The molecule has 0 unspecified atom stereocenters. The fourth-order valence-electron chi connectivity index (χ4n) is 1.06. The summed E-state index contributed by atoms with van der Waals surface area (Å²) >= 11 is 1.25. The van der Waals surface area contributed by atoms with Gasteiger partial charge in [-0.1, -0.05) is 0 Å². The van der Waals surface area contributed by atoms with Gasteiger partial charge in [-0.25, -0.2) is 9.97 Å². The minimum Gasteiger partial charge on any atom is -0.372 e. The van der Waals surface area contributed by atoms with Crippen molar-refractivity contribution in [2.24, 2.45) is 5.73 Å². The van der Waals surface area contributed by atoms with Crippen LogP contribution >= 0.6 is 11.3 Å². The molecule has 2 heterocycles. The zero-order valence-corrected chi connectivity index (χ0v) is 8.26. The number of nitrogens with one attached hydrogen (secondary N) is 1. The van der Waals surface area contributed by atoms with E-state index in [1.54, 1.807) is 19.3 Å². The molecular formula is C8H8N4OS. The number of anilines is 1. The van der Waals surface area contributed by atoms with E-state index in [-0.39, 0.29) is 0 Å². The van der Waals surface area contributed by atoms with Gasteiger partial charge in [-0.3, -0.25) is 4.79 Å². The number of nitrogens with zero attached hydrogens (tertiary/aromatic N) is 2. The molecule has 2 aromatic heterocycles. The Morgan fingerprint density at radius 1 is 1.64 bits per heavy atom. The summed E-state index contributed by atoms with van der Waals surface area (Å²) in [5.41, 5.74) is 5.84. The first kappa shape index (κ1) is 8.89. The van der Waals surface area contributed by atoms with Crippen molar-refractivity contribution < 1.29 is 4.79 Å². The maximum Gasteiger partial charge on any atom is 0.258 e. The van der Waals surface area contributed by atoms with Crippen molar-refractivity contribution in [3.8, 4) is 0 Å². The topological polar surface area (TPSA) is 80.9 Å². The molecule has 72 valence electrons. The van der Waals surface area contributed by atoms with Crippen LogP contribution in [0, 0.1) is 0 Å². The van der Waals surface area contributed by atoms with E-state index in [9.17, 15) is 4.79 Å². The largest absolute Gasteiger partial charge is 0.372 e. The quantitative estimate of drug-likeness (QED) is 0.766. The average Bonchev–Trinajstić information content (AvgIpc) is 2.59. The minimum absolute atomic E-state index is 0.444. The Kier molecular flexibility index (Phi) is 2.05. The van der Waals surface area contributed by atoms with Crippen molar-refractivity contribution in [3.05, 3.63) is 17.1 Å². The van der Waals surface area contributed by atoms with E-state index in [2.05, 4.69) is 15.3 Å². The van der Waals surface area contributed by atoms with Crippen molar-refractivity contribution in [1.29, 1.82) is 0 Å². The third kappa shape index (κ3) is 1.39. The monoisotopic (exact) mass is 208 g/mol. The predicted octanol–water partition coefficient (Wildman–Crippen LogP) is 0.832. The van der Waals surface area contributed by atoms with E-state index < -0.39 is 5.91 Å². The minimum atomic E-state index is -0.444. The van der Waals surface area contributed by atoms with Crippen molar-refractivity contribution in [3.63, 3.8) is 0 Å². The number of hydrogen-bond donors (Lipinski definition) is 2. The van der Waals surface area contributed by atoms with Gasteiger partial charge in [-0.15, -0.1) is 11.3 Å². The second-order valence-corrected chi connectivity index (χ2v) is 3.70. The molecule has 0 aliphatic carbocycles. The van der Waals surface area contributed by atoms with Crippen LogP contribution < -0.4 is 11.1 Å². The second kappa shape index (κ2) is 3.22. The fourth-order valence-corrected chi connectivity index (χ4v) is 1.86. The third-order valence-corrected chi connectivity index (χ3v) is 2.78. The lowest BCUT2D eigenvalue weighted by Crippen LogP contribution is -2.08. The molecule has 2 aromatic rings. The molecule has 0 aromatic carbocycles. The molecule has 0 fully saturated rings. The highest BCUT2D eigenvalue weighted by molar-refractivity contribution is 7.20. The van der Waals surface area contributed by atoms with E-state index >= 15 is 0 Å². The van der Waals surface area contributed by atoms with E-state index in [1.807, 2.05) is 0 Å². The van der Waals surface area contributed by atoms with Crippen LogP contribution in [-0.4, -0.2) is 22.9 Å². The average molecular weight is 208 g/mol. The Hall–Kier alpha value is -1.69. The highest BCUT2D eigenvalue weighted by atomic mass is 32.1. The van der Waals surface area contributed by atoms with Crippen LogP contribution in [0.1, 0.15) is 9.67 Å². The molecule has 2 rings (SSSR count). The normalized spacial score (nSPS) is 10.4. The molecule has 0 spiro atoms. The number of nitrogens with two attached hydrogens (primary N) is 1. The Morgan fingerprint density at radius 2 is 2.43 bits per heavy atom. The summed E-state index contributed by atoms with van der Waals surface area (Å²) in [5, 5.41) is 2.87. The van der Waals surface area contributed by atoms with Gasteiger partial charge in [0.25, 0.3) is 5.91 Å². The number of fused-ring (bicyclic) bond motifs is 1. The first-order valence-electron chi connectivity index (χ1n) is 3.95. The van der Waals surface area contributed by atoms with Crippen LogP contribution in [0.2, 0.25) is 0 Å². The first-order chi connectivity index (χ1) is 6.70. The van der Waals surface area contributed by atoms with Gasteiger partial charge in [0.2, 0.25) is 0 Å². The summed E-state index contributed by atoms with van der Waals surface area (Å²) in [6.07, 6.45) is 1.61. The molecule has 0 saturated heterocycles. The van der Waals surface area contributed by atoms with Crippen LogP contribution in [0.15, 0.2) is 12.3 Å². The predicted molar refractivity (Wildman–Crippen MR) is 55.5 cm³/mol. The number of thiophene rings is 1. The molecule has 14 heavy (non-hydrogen) atoms. The molecule has 0 radical (unpaired) electrons. The number of hydrogen-bond acceptors (Lipinski definition) is 5. The van der Waals surface area contributed by atoms with Gasteiger partial charge in [0, 0.05) is 7.05 Å². The SMILES string of the molecule is CNc1cnc2sc(C(N)=O)cc2n1. The molecule has 0 bridgehead atoms. The molecule has 0 saturated carbocycles. The summed E-state index contributed by atoms with van der Waals surface area (Å²) in [7, 11) is 1.76. The second-order valence-electron chi connectivity index (χ2n) is 2.67. The van der Waals surface area contributed by atoms with Gasteiger partial charge >= 0.3 is 0 Å². The molecule has 1 amide bonds. The summed E-state index contributed by atoms with van der Waals surface area (Å²) in [5.74, 6) is 0.229.